The molecule has 0 spiro atoms. The van der Waals surface area contributed by atoms with Crippen LogP contribution in [0.2, 0.25) is 0 Å². The van der Waals surface area contributed by atoms with Crippen molar-refractivity contribution in [2.24, 2.45) is 13.0 Å². The number of hydrogen-bond acceptors (Lipinski definition) is 6. The number of phenols is 1. The van der Waals surface area contributed by atoms with Crippen molar-refractivity contribution in [1.29, 1.82) is 0 Å². The number of phenolic OH excluding ortho intramolecular Hbond substituents is 1. The molecule has 0 bridgehead atoms. The molecule has 1 aromatic carbocycles. The van der Waals surface area contributed by atoms with E-state index in [-0.39, 0.29) is 17.8 Å². The highest BCUT2D eigenvalue weighted by Crippen LogP contribution is 2.35. The topological polar surface area (TPSA) is 86.5 Å². The number of carbonyl (C=O) groups is 1. The van der Waals surface area contributed by atoms with Crippen LogP contribution in [0.25, 0.3) is 22.2 Å². The molecule has 0 radical (unpaired) electrons. The fraction of sp³-hybridized carbons (Fsp3) is 0.381. The molecule has 1 saturated carbocycles. The molecule has 1 N–H and O–H groups in total. The Labute approximate surface area is 162 Å². The Morgan fingerprint density at radius 3 is 2.86 bits per heavy atom. The van der Waals surface area contributed by atoms with Gasteiger partial charge >= 0.3 is 0 Å². The molecular weight excluding hydrogens is 358 g/mol. The summed E-state index contributed by atoms with van der Waals surface area (Å²) in [5.41, 5.74) is 2.23. The van der Waals surface area contributed by atoms with E-state index < -0.39 is 0 Å². The summed E-state index contributed by atoms with van der Waals surface area (Å²) in [5.74, 6) is 1.45. The molecule has 7 nitrogen and oxygen atoms in total. The van der Waals surface area contributed by atoms with Crippen LogP contribution in [0.3, 0.4) is 0 Å². The molecule has 0 aliphatic heterocycles. The van der Waals surface area contributed by atoms with Crippen LogP contribution in [0.1, 0.15) is 26.2 Å². The lowest BCUT2D eigenvalue weighted by molar-refractivity contribution is -0.117. The first-order valence-corrected chi connectivity index (χ1v) is 9.34. The van der Waals surface area contributed by atoms with E-state index in [9.17, 15) is 9.90 Å². The van der Waals surface area contributed by atoms with Crippen LogP contribution < -0.4 is 9.47 Å². The number of Topliss-reactive ketones (excluding diaryl/α,β-unsaturated/α-hetero) is 1. The van der Waals surface area contributed by atoms with Gasteiger partial charge < -0.3 is 14.6 Å². The van der Waals surface area contributed by atoms with Gasteiger partial charge in [-0.25, -0.2) is 4.98 Å². The summed E-state index contributed by atoms with van der Waals surface area (Å²) in [6, 6.07) is 6.97. The van der Waals surface area contributed by atoms with Gasteiger partial charge in [0.15, 0.2) is 11.5 Å². The molecule has 2 atom stereocenters. The summed E-state index contributed by atoms with van der Waals surface area (Å²) in [4.78, 5) is 16.4. The molecule has 7 heteroatoms. The second-order valence-electron chi connectivity index (χ2n) is 7.30. The molecule has 0 unspecified atom stereocenters. The van der Waals surface area contributed by atoms with Crippen LogP contribution in [0.5, 0.6) is 17.4 Å². The van der Waals surface area contributed by atoms with E-state index >= 15 is 0 Å². The highest BCUT2D eigenvalue weighted by Gasteiger charge is 2.29. The van der Waals surface area contributed by atoms with Crippen molar-refractivity contribution < 1.29 is 19.4 Å². The predicted octanol–water partition coefficient (Wildman–Crippen LogP) is 3.49. The molecule has 4 rings (SSSR count). The maximum atomic E-state index is 11.6. The van der Waals surface area contributed by atoms with Crippen molar-refractivity contribution in [2.45, 2.75) is 32.3 Å². The van der Waals surface area contributed by atoms with E-state index in [0.717, 1.165) is 22.9 Å². The Kier molecular flexibility index (Phi) is 4.66. The number of methoxy groups -OCH3 is 1. The van der Waals surface area contributed by atoms with E-state index in [4.69, 9.17) is 14.5 Å². The number of benzene rings is 1. The molecule has 3 aromatic rings. The Hall–Kier alpha value is -3.09. The molecule has 1 aliphatic carbocycles. The lowest BCUT2D eigenvalue weighted by Crippen LogP contribution is -2.22. The predicted molar refractivity (Wildman–Crippen MR) is 105 cm³/mol. The number of aryl methyl sites for hydroxylation is 1. The zero-order valence-corrected chi connectivity index (χ0v) is 16.2. The number of aromatic nitrogens is 3. The Bertz CT molecular complexity index is 1040. The van der Waals surface area contributed by atoms with Gasteiger partial charge in [0.25, 0.3) is 0 Å². The van der Waals surface area contributed by atoms with Crippen molar-refractivity contribution in [1.82, 2.24) is 14.8 Å². The number of fused-ring (bicyclic) bond motifs is 1. The number of carbonyl (C=O) groups excluding carboxylic acids is 1. The molecule has 1 fully saturated rings. The van der Waals surface area contributed by atoms with Gasteiger partial charge in [0, 0.05) is 37.6 Å². The summed E-state index contributed by atoms with van der Waals surface area (Å²) in [6.07, 6.45) is 3.80. The zero-order valence-electron chi connectivity index (χ0n) is 16.2. The van der Waals surface area contributed by atoms with Crippen molar-refractivity contribution in [3.63, 3.8) is 0 Å². The minimum Gasteiger partial charge on any atom is -0.504 e. The minimum absolute atomic E-state index is 0.0705. The Morgan fingerprint density at radius 1 is 1.32 bits per heavy atom. The average Bonchev–Trinajstić information content (AvgIpc) is 3.27. The van der Waals surface area contributed by atoms with E-state index in [1.54, 1.807) is 22.9 Å². The van der Waals surface area contributed by atoms with Crippen LogP contribution in [0.15, 0.2) is 30.5 Å². The Morgan fingerprint density at radius 2 is 2.14 bits per heavy atom. The van der Waals surface area contributed by atoms with Gasteiger partial charge in [-0.2, -0.15) is 5.10 Å². The third-order valence-electron chi connectivity index (χ3n) is 5.30. The average molecular weight is 381 g/mol. The third-order valence-corrected chi connectivity index (χ3v) is 5.30. The number of rotatable bonds is 5. The van der Waals surface area contributed by atoms with Gasteiger partial charge in [0.1, 0.15) is 11.9 Å². The first-order valence-electron chi connectivity index (χ1n) is 9.34. The molecule has 1 aliphatic rings. The number of hydrogen-bond donors (Lipinski definition) is 1. The molecule has 146 valence electrons. The summed E-state index contributed by atoms with van der Waals surface area (Å²) in [6.45, 7) is 1.99. The highest BCUT2D eigenvalue weighted by atomic mass is 16.5. The molecule has 0 saturated heterocycles. The maximum Gasteiger partial charge on any atom is 0.225 e. The number of ether oxygens (including phenoxy) is 2. The first kappa shape index (κ1) is 18.3. The van der Waals surface area contributed by atoms with Gasteiger partial charge in [-0.15, -0.1) is 0 Å². The first-order chi connectivity index (χ1) is 13.4. The number of aromatic hydroxyl groups is 1. The maximum absolute atomic E-state index is 11.6. The molecule has 2 heterocycles. The number of ketones is 1. The third kappa shape index (κ3) is 3.40. The van der Waals surface area contributed by atoms with Gasteiger partial charge in [-0.1, -0.05) is 0 Å². The van der Waals surface area contributed by atoms with Crippen LogP contribution in [0.4, 0.5) is 0 Å². The standard InChI is InChI=1S/C21H23N3O4/c1-12(13-4-6-15(25)8-13)28-21-16-11-24(2)23-18(16)10-17(22-21)14-5-7-19(26)20(9-14)27-3/h5,7,9-13,26H,4,6,8H2,1-3H3/t12-,13+/m1/s1. The van der Waals surface area contributed by atoms with E-state index in [0.29, 0.717) is 35.9 Å². The van der Waals surface area contributed by atoms with Gasteiger partial charge in [-0.05, 0) is 37.6 Å². The SMILES string of the molecule is COc1cc(-c2cc3nn(C)cc3c(O[C@H](C)[C@H]3CCC(=O)C3)n2)ccc1O. The van der Waals surface area contributed by atoms with E-state index in [2.05, 4.69) is 5.10 Å². The van der Waals surface area contributed by atoms with Crippen molar-refractivity contribution in [2.75, 3.05) is 7.11 Å². The van der Waals surface area contributed by atoms with Crippen LogP contribution >= 0.6 is 0 Å². The summed E-state index contributed by atoms with van der Waals surface area (Å²) < 4.78 is 13.2. The number of pyridine rings is 1. The molecule has 28 heavy (non-hydrogen) atoms. The fourth-order valence-corrected chi connectivity index (χ4v) is 3.70. The lowest BCUT2D eigenvalue weighted by Gasteiger charge is -2.20. The van der Waals surface area contributed by atoms with Gasteiger partial charge in [0.2, 0.25) is 5.88 Å². The summed E-state index contributed by atoms with van der Waals surface area (Å²) in [5, 5.41) is 15.2. The zero-order chi connectivity index (χ0) is 19.8. The molecule has 2 aromatic heterocycles. The van der Waals surface area contributed by atoms with E-state index in [1.165, 1.54) is 7.11 Å². The monoisotopic (exact) mass is 381 g/mol. The summed E-state index contributed by atoms with van der Waals surface area (Å²) in [7, 11) is 3.36. The van der Waals surface area contributed by atoms with Crippen molar-refractivity contribution >= 4 is 16.7 Å². The van der Waals surface area contributed by atoms with Crippen molar-refractivity contribution in [3.8, 4) is 28.6 Å². The highest BCUT2D eigenvalue weighted by molar-refractivity contribution is 5.87. The normalized spacial score (nSPS) is 17.8. The quantitative estimate of drug-likeness (QED) is 0.728. The second-order valence-corrected chi connectivity index (χ2v) is 7.30. The fourth-order valence-electron chi connectivity index (χ4n) is 3.70. The largest absolute Gasteiger partial charge is 0.504 e. The van der Waals surface area contributed by atoms with Gasteiger partial charge in [0.05, 0.1) is 23.7 Å². The smallest absolute Gasteiger partial charge is 0.225 e. The number of nitrogens with zero attached hydrogens (tertiary/aromatic N) is 3. The van der Waals surface area contributed by atoms with Crippen LogP contribution in [-0.4, -0.2) is 38.9 Å². The van der Waals surface area contributed by atoms with E-state index in [1.807, 2.05) is 26.2 Å². The van der Waals surface area contributed by atoms with Crippen LogP contribution in [-0.2, 0) is 11.8 Å². The summed E-state index contributed by atoms with van der Waals surface area (Å²) >= 11 is 0. The van der Waals surface area contributed by atoms with Crippen LogP contribution in [0, 0.1) is 5.92 Å². The lowest BCUT2D eigenvalue weighted by atomic mass is 10.0. The molecule has 0 amide bonds. The van der Waals surface area contributed by atoms with Gasteiger partial charge in [-0.3, -0.25) is 9.48 Å². The second kappa shape index (κ2) is 7.14. The Balaban J connectivity index is 1.74. The molecular formula is C21H23N3O4. The van der Waals surface area contributed by atoms with Crippen molar-refractivity contribution in [3.05, 3.63) is 30.5 Å². The minimum atomic E-state index is -0.119.